The van der Waals surface area contributed by atoms with E-state index in [9.17, 15) is 4.79 Å². The summed E-state index contributed by atoms with van der Waals surface area (Å²) in [4.78, 5) is 12.8. The van der Waals surface area contributed by atoms with E-state index in [4.69, 9.17) is 5.73 Å². The molecule has 0 radical (unpaired) electrons. The summed E-state index contributed by atoms with van der Waals surface area (Å²) in [6.07, 6.45) is 0. The van der Waals surface area contributed by atoms with Gasteiger partial charge >= 0.3 is 0 Å². The number of nitrogens with two attached hydrogens (primary N) is 1. The number of aromatic nitrogens is 2. The summed E-state index contributed by atoms with van der Waals surface area (Å²) >= 11 is 1.42. The van der Waals surface area contributed by atoms with Crippen molar-refractivity contribution in [2.24, 2.45) is 0 Å². The molecular formula is C10H8N4OS. The number of rotatable bonds is 0. The molecule has 0 saturated heterocycles. The average Bonchev–Trinajstić information content (AvgIpc) is 2.56. The van der Waals surface area contributed by atoms with Crippen molar-refractivity contribution in [2.75, 3.05) is 11.1 Å². The summed E-state index contributed by atoms with van der Waals surface area (Å²) in [6.45, 7) is 0. The van der Waals surface area contributed by atoms with Gasteiger partial charge in [-0.25, -0.2) is 0 Å². The minimum atomic E-state index is -0.223. The molecule has 1 aliphatic heterocycles. The van der Waals surface area contributed by atoms with Crippen molar-refractivity contribution in [2.45, 2.75) is 9.92 Å². The van der Waals surface area contributed by atoms with E-state index in [1.807, 2.05) is 24.3 Å². The lowest BCUT2D eigenvalue weighted by Crippen LogP contribution is -2.12. The van der Waals surface area contributed by atoms with Crippen molar-refractivity contribution >= 4 is 29.2 Å². The second-order valence-corrected chi connectivity index (χ2v) is 4.40. The number of nitrogen functional groups attached to an aromatic ring is 1. The maximum absolute atomic E-state index is 11.9. The highest BCUT2D eigenvalue weighted by Crippen LogP contribution is 2.38. The van der Waals surface area contributed by atoms with Crippen LogP contribution in [-0.2, 0) is 0 Å². The molecule has 1 aromatic heterocycles. The van der Waals surface area contributed by atoms with Gasteiger partial charge in [-0.2, -0.15) is 5.10 Å². The van der Waals surface area contributed by atoms with E-state index in [1.54, 1.807) is 0 Å². The Morgan fingerprint density at radius 3 is 3.00 bits per heavy atom. The lowest BCUT2D eigenvalue weighted by Gasteiger charge is -2.04. The van der Waals surface area contributed by atoms with Crippen molar-refractivity contribution in [1.82, 2.24) is 10.2 Å². The first kappa shape index (κ1) is 9.29. The molecule has 0 atom stereocenters. The summed E-state index contributed by atoms with van der Waals surface area (Å²) in [6, 6.07) is 7.57. The van der Waals surface area contributed by atoms with Crippen LogP contribution in [0.15, 0.2) is 34.2 Å². The molecule has 16 heavy (non-hydrogen) atoms. The van der Waals surface area contributed by atoms with Crippen molar-refractivity contribution in [3.05, 3.63) is 29.8 Å². The fraction of sp³-hybridized carbons (Fsp3) is 0. The second-order valence-electron chi connectivity index (χ2n) is 3.37. The Bertz CT molecular complexity index is 578. The molecule has 2 heterocycles. The van der Waals surface area contributed by atoms with Crippen LogP contribution in [0.1, 0.15) is 10.4 Å². The average molecular weight is 232 g/mol. The van der Waals surface area contributed by atoms with Gasteiger partial charge < -0.3 is 11.1 Å². The van der Waals surface area contributed by atoms with Crippen LogP contribution in [0.3, 0.4) is 0 Å². The predicted octanol–water partition coefficient (Wildman–Crippen LogP) is 1.71. The SMILES string of the molecule is Nc1[nH]nc2c1C(=O)Nc1ccccc1S2. The smallest absolute Gasteiger partial charge is 0.262 e. The second kappa shape index (κ2) is 3.28. The number of carbonyl (C=O) groups excluding carboxylic acids is 1. The minimum absolute atomic E-state index is 0.223. The number of aromatic amines is 1. The molecule has 1 amide bonds. The maximum atomic E-state index is 11.9. The molecule has 0 bridgehead atoms. The molecule has 0 saturated carbocycles. The summed E-state index contributed by atoms with van der Waals surface area (Å²) in [5, 5.41) is 10.0. The van der Waals surface area contributed by atoms with Crippen LogP contribution in [0.4, 0.5) is 11.5 Å². The molecule has 0 spiro atoms. The maximum Gasteiger partial charge on any atom is 0.262 e. The Morgan fingerprint density at radius 1 is 1.31 bits per heavy atom. The van der Waals surface area contributed by atoms with Crippen LogP contribution in [0, 0.1) is 0 Å². The minimum Gasteiger partial charge on any atom is -0.383 e. The number of amides is 1. The van der Waals surface area contributed by atoms with E-state index >= 15 is 0 Å². The molecule has 4 N–H and O–H groups in total. The lowest BCUT2D eigenvalue weighted by atomic mass is 10.2. The third-order valence-electron chi connectivity index (χ3n) is 2.33. The highest BCUT2D eigenvalue weighted by Gasteiger charge is 2.24. The normalized spacial score (nSPS) is 13.6. The summed E-state index contributed by atoms with van der Waals surface area (Å²) < 4.78 is 0. The predicted molar refractivity (Wildman–Crippen MR) is 61.5 cm³/mol. The van der Waals surface area contributed by atoms with E-state index in [0.29, 0.717) is 16.4 Å². The van der Waals surface area contributed by atoms with Gasteiger partial charge in [-0.1, -0.05) is 23.9 Å². The van der Waals surface area contributed by atoms with Gasteiger partial charge in [-0.3, -0.25) is 9.89 Å². The van der Waals surface area contributed by atoms with E-state index in [-0.39, 0.29) is 5.91 Å². The third kappa shape index (κ3) is 1.27. The molecule has 2 aromatic rings. The Labute approximate surface area is 95.4 Å². The number of anilines is 2. The topological polar surface area (TPSA) is 83.8 Å². The number of nitrogens with zero attached hydrogens (tertiary/aromatic N) is 1. The first-order valence-electron chi connectivity index (χ1n) is 4.68. The van der Waals surface area contributed by atoms with Crippen molar-refractivity contribution in [3.8, 4) is 0 Å². The highest BCUT2D eigenvalue weighted by molar-refractivity contribution is 7.99. The molecule has 1 aliphatic rings. The third-order valence-corrected chi connectivity index (χ3v) is 3.39. The summed E-state index contributed by atoms with van der Waals surface area (Å²) in [5.41, 5.74) is 6.87. The first-order valence-corrected chi connectivity index (χ1v) is 5.49. The summed E-state index contributed by atoms with van der Waals surface area (Å²) in [5.74, 6) is 0.0755. The fourth-order valence-electron chi connectivity index (χ4n) is 1.58. The number of benzene rings is 1. The van der Waals surface area contributed by atoms with Gasteiger partial charge in [0, 0.05) is 4.90 Å². The zero-order valence-electron chi connectivity index (χ0n) is 8.15. The Balaban J connectivity index is 2.19. The van der Waals surface area contributed by atoms with Gasteiger partial charge in [-0.05, 0) is 12.1 Å². The summed E-state index contributed by atoms with van der Waals surface area (Å²) in [7, 11) is 0. The highest BCUT2D eigenvalue weighted by atomic mass is 32.2. The van der Waals surface area contributed by atoms with E-state index < -0.39 is 0 Å². The van der Waals surface area contributed by atoms with E-state index in [2.05, 4.69) is 15.5 Å². The quantitative estimate of drug-likeness (QED) is 0.645. The molecular weight excluding hydrogens is 224 g/mol. The number of H-pyrrole nitrogens is 1. The number of para-hydroxylation sites is 1. The molecule has 5 nitrogen and oxygen atoms in total. The van der Waals surface area contributed by atoms with E-state index in [1.165, 1.54) is 11.8 Å². The number of nitrogens with one attached hydrogen (secondary N) is 2. The van der Waals surface area contributed by atoms with Crippen molar-refractivity contribution < 1.29 is 4.79 Å². The van der Waals surface area contributed by atoms with Crippen molar-refractivity contribution in [3.63, 3.8) is 0 Å². The zero-order valence-corrected chi connectivity index (χ0v) is 8.97. The van der Waals surface area contributed by atoms with Gasteiger partial charge in [0.05, 0.1) is 5.69 Å². The number of fused-ring (bicyclic) bond motifs is 2. The molecule has 80 valence electrons. The number of hydrogen-bond donors (Lipinski definition) is 3. The van der Waals surface area contributed by atoms with Crippen LogP contribution in [0.5, 0.6) is 0 Å². The van der Waals surface area contributed by atoms with Gasteiger partial charge in [0.2, 0.25) is 0 Å². The van der Waals surface area contributed by atoms with Crippen LogP contribution < -0.4 is 11.1 Å². The van der Waals surface area contributed by atoms with Crippen LogP contribution >= 0.6 is 11.8 Å². The van der Waals surface area contributed by atoms with Crippen LogP contribution in [0.2, 0.25) is 0 Å². The number of carbonyl (C=O) groups is 1. The molecule has 0 fully saturated rings. The molecule has 0 unspecified atom stereocenters. The van der Waals surface area contributed by atoms with Crippen molar-refractivity contribution in [1.29, 1.82) is 0 Å². The molecule has 3 rings (SSSR count). The van der Waals surface area contributed by atoms with Gasteiger partial charge in [-0.15, -0.1) is 0 Å². The Morgan fingerprint density at radius 2 is 2.12 bits per heavy atom. The number of hydrogen-bond acceptors (Lipinski definition) is 4. The monoisotopic (exact) mass is 232 g/mol. The Hall–Kier alpha value is -1.95. The standard InChI is InChI=1S/C10H8N4OS/c11-8-7-9(15)12-5-3-1-2-4-6(5)16-10(7)14-13-8/h1-4H,(H,12,15)(H3,11,13,14). The van der Waals surface area contributed by atoms with Gasteiger partial charge in [0.1, 0.15) is 16.4 Å². The van der Waals surface area contributed by atoms with Crippen LogP contribution in [0.25, 0.3) is 0 Å². The van der Waals surface area contributed by atoms with Gasteiger partial charge in [0.25, 0.3) is 5.91 Å². The zero-order chi connectivity index (χ0) is 11.1. The fourth-order valence-corrected chi connectivity index (χ4v) is 2.56. The molecule has 6 heteroatoms. The Kier molecular flexibility index (Phi) is 1.90. The largest absolute Gasteiger partial charge is 0.383 e. The molecule has 0 aliphatic carbocycles. The molecule has 1 aromatic carbocycles. The lowest BCUT2D eigenvalue weighted by molar-refractivity contribution is 0.102. The first-order chi connectivity index (χ1) is 7.75. The van der Waals surface area contributed by atoms with Gasteiger partial charge in [0.15, 0.2) is 0 Å². The van der Waals surface area contributed by atoms with E-state index in [0.717, 1.165) is 10.6 Å². The van der Waals surface area contributed by atoms with Crippen LogP contribution in [-0.4, -0.2) is 16.1 Å².